The van der Waals surface area contributed by atoms with Gasteiger partial charge in [0.15, 0.2) is 0 Å². The lowest BCUT2D eigenvalue weighted by molar-refractivity contribution is -0.148. The van der Waals surface area contributed by atoms with Crippen LogP contribution < -0.4 is 5.32 Å². The fourth-order valence-electron chi connectivity index (χ4n) is 2.08. The number of nitrogens with zero attached hydrogens (tertiary/aromatic N) is 3. The molecule has 6 heteroatoms. The van der Waals surface area contributed by atoms with Gasteiger partial charge in [-0.2, -0.15) is 0 Å². The van der Waals surface area contributed by atoms with Gasteiger partial charge in [-0.15, -0.1) is 0 Å². The van der Waals surface area contributed by atoms with Gasteiger partial charge in [0.05, 0.1) is 13.1 Å². The SMILES string of the molecule is CC(C)C1C(=O)NCC(=O)N1Cc1ncccn1. The summed E-state index contributed by atoms with van der Waals surface area (Å²) in [5, 5.41) is 2.61. The highest BCUT2D eigenvalue weighted by Crippen LogP contribution is 2.16. The highest BCUT2D eigenvalue weighted by Gasteiger charge is 2.36. The summed E-state index contributed by atoms with van der Waals surface area (Å²) in [4.78, 5) is 33.5. The number of hydrogen-bond acceptors (Lipinski definition) is 4. The molecule has 1 unspecified atom stereocenters. The van der Waals surface area contributed by atoms with Crippen LogP contribution in [0.3, 0.4) is 0 Å². The molecule has 0 saturated carbocycles. The summed E-state index contributed by atoms with van der Waals surface area (Å²) >= 11 is 0. The van der Waals surface area contributed by atoms with E-state index >= 15 is 0 Å². The number of piperazine rings is 1. The molecule has 2 amide bonds. The highest BCUT2D eigenvalue weighted by molar-refractivity contribution is 5.94. The molecule has 0 aliphatic carbocycles. The second kappa shape index (κ2) is 5.12. The Hall–Kier alpha value is -1.98. The molecule has 1 aliphatic rings. The van der Waals surface area contributed by atoms with Crippen LogP contribution in [0.5, 0.6) is 0 Å². The van der Waals surface area contributed by atoms with Crippen molar-refractivity contribution in [2.24, 2.45) is 5.92 Å². The monoisotopic (exact) mass is 248 g/mol. The molecule has 0 radical (unpaired) electrons. The third-order valence-electron chi connectivity index (χ3n) is 2.90. The first-order valence-electron chi connectivity index (χ1n) is 5.92. The third-order valence-corrected chi connectivity index (χ3v) is 2.90. The van der Waals surface area contributed by atoms with Crippen LogP contribution in [0, 0.1) is 5.92 Å². The van der Waals surface area contributed by atoms with Gasteiger partial charge in [-0.05, 0) is 12.0 Å². The van der Waals surface area contributed by atoms with Crippen molar-refractivity contribution >= 4 is 11.8 Å². The summed E-state index contributed by atoms with van der Waals surface area (Å²) < 4.78 is 0. The second-order valence-electron chi connectivity index (χ2n) is 4.59. The van der Waals surface area contributed by atoms with Crippen molar-refractivity contribution < 1.29 is 9.59 Å². The largest absolute Gasteiger partial charge is 0.345 e. The molecule has 1 saturated heterocycles. The molecule has 2 heterocycles. The van der Waals surface area contributed by atoms with Gasteiger partial charge in [0.2, 0.25) is 11.8 Å². The lowest BCUT2D eigenvalue weighted by Crippen LogP contribution is -2.59. The molecule has 1 aromatic rings. The summed E-state index contributed by atoms with van der Waals surface area (Å²) in [6.45, 7) is 4.16. The van der Waals surface area contributed by atoms with Crippen molar-refractivity contribution in [1.29, 1.82) is 0 Å². The van der Waals surface area contributed by atoms with Crippen molar-refractivity contribution in [2.75, 3.05) is 6.54 Å². The molecule has 1 fully saturated rings. The van der Waals surface area contributed by atoms with Crippen molar-refractivity contribution in [1.82, 2.24) is 20.2 Å². The molecule has 0 spiro atoms. The van der Waals surface area contributed by atoms with Crippen LogP contribution in [0.2, 0.25) is 0 Å². The minimum atomic E-state index is -0.449. The zero-order valence-corrected chi connectivity index (χ0v) is 10.5. The van der Waals surface area contributed by atoms with E-state index in [-0.39, 0.29) is 30.8 Å². The van der Waals surface area contributed by atoms with Crippen LogP contribution in [-0.4, -0.2) is 39.3 Å². The fraction of sp³-hybridized carbons (Fsp3) is 0.500. The Labute approximate surface area is 105 Å². The lowest BCUT2D eigenvalue weighted by atomic mass is 9.99. The predicted molar refractivity (Wildman–Crippen MR) is 64.2 cm³/mol. The number of carbonyl (C=O) groups is 2. The van der Waals surface area contributed by atoms with Gasteiger partial charge in [0, 0.05) is 12.4 Å². The number of aromatic nitrogens is 2. The normalized spacial score (nSPS) is 20.2. The van der Waals surface area contributed by atoms with Crippen LogP contribution in [0.15, 0.2) is 18.5 Å². The molecular formula is C12H16N4O2. The average molecular weight is 248 g/mol. The minimum absolute atomic E-state index is 0.0505. The smallest absolute Gasteiger partial charge is 0.243 e. The first-order valence-corrected chi connectivity index (χ1v) is 5.92. The maximum absolute atomic E-state index is 11.9. The number of rotatable bonds is 3. The zero-order chi connectivity index (χ0) is 13.1. The van der Waals surface area contributed by atoms with E-state index in [0.717, 1.165) is 0 Å². The topological polar surface area (TPSA) is 75.2 Å². The summed E-state index contributed by atoms with van der Waals surface area (Å²) in [5.74, 6) is 0.394. The van der Waals surface area contributed by atoms with E-state index in [1.807, 2.05) is 13.8 Å². The zero-order valence-electron chi connectivity index (χ0n) is 10.5. The Morgan fingerprint density at radius 2 is 2.06 bits per heavy atom. The van der Waals surface area contributed by atoms with Crippen LogP contribution in [0.1, 0.15) is 19.7 Å². The number of amides is 2. The Bertz CT molecular complexity index is 447. The molecule has 1 aliphatic heterocycles. The maximum Gasteiger partial charge on any atom is 0.243 e. The van der Waals surface area contributed by atoms with Crippen molar-refractivity contribution in [3.8, 4) is 0 Å². The van der Waals surface area contributed by atoms with Crippen molar-refractivity contribution in [3.05, 3.63) is 24.3 Å². The van der Waals surface area contributed by atoms with E-state index in [2.05, 4.69) is 15.3 Å². The summed E-state index contributed by atoms with van der Waals surface area (Å²) in [5.41, 5.74) is 0. The molecule has 1 aromatic heterocycles. The average Bonchev–Trinajstić information content (AvgIpc) is 2.35. The molecule has 2 rings (SSSR count). The lowest BCUT2D eigenvalue weighted by Gasteiger charge is -2.36. The Morgan fingerprint density at radius 3 is 2.67 bits per heavy atom. The van der Waals surface area contributed by atoms with Crippen molar-refractivity contribution in [2.45, 2.75) is 26.4 Å². The van der Waals surface area contributed by atoms with E-state index in [1.54, 1.807) is 23.4 Å². The van der Waals surface area contributed by atoms with Gasteiger partial charge in [0.1, 0.15) is 11.9 Å². The first kappa shape index (κ1) is 12.5. The van der Waals surface area contributed by atoms with E-state index < -0.39 is 6.04 Å². The van der Waals surface area contributed by atoms with E-state index in [4.69, 9.17) is 0 Å². The van der Waals surface area contributed by atoms with Gasteiger partial charge in [-0.1, -0.05) is 13.8 Å². The van der Waals surface area contributed by atoms with Crippen molar-refractivity contribution in [3.63, 3.8) is 0 Å². The third kappa shape index (κ3) is 2.47. The number of carbonyl (C=O) groups excluding carboxylic acids is 2. The molecule has 6 nitrogen and oxygen atoms in total. The second-order valence-corrected chi connectivity index (χ2v) is 4.59. The molecule has 1 N–H and O–H groups in total. The summed E-state index contributed by atoms with van der Waals surface area (Å²) in [6.07, 6.45) is 3.25. The fourth-order valence-corrected chi connectivity index (χ4v) is 2.08. The maximum atomic E-state index is 11.9. The molecule has 18 heavy (non-hydrogen) atoms. The Balaban J connectivity index is 2.21. The molecule has 1 atom stereocenters. The molecule has 0 bridgehead atoms. The van der Waals surface area contributed by atoms with Crippen LogP contribution in [0.4, 0.5) is 0 Å². The van der Waals surface area contributed by atoms with Gasteiger partial charge in [0.25, 0.3) is 0 Å². The van der Waals surface area contributed by atoms with Gasteiger partial charge < -0.3 is 10.2 Å². The predicted octanol–water partition coefficient (Wildman–Crippen LogP) is -0.0404. The molecule has 0 aromatic carbocycles. The first-order chi connectivity index (χ1) is 8.59. The molecular weight excluding hydrogens is 232 g/mol. The Kier molecular flexibility index (Phi) is 3.55. The van der Waals surface area contributed by atoms with Crippen LogP contribution in [0.25, 0.3) is 0 Å². The standard InChI is InChI=1S/C12H16N4O2/c1-8(2)11-12(18)15-6-10(17)16(11)7-9-13-4-3-5-14-9/h3-5,8,11H,6-7H2,1-2H3,(H,15,18). The van der Waals surface area contributed by atoms with E-state index in [0.29, 0.717) is 5.82 Å². The van der Waals surface area contributed by atoms with Crippen LogP contribution >= 0.6 is 0 Å². The van der Waals surface area contributed by atoms with Crippen LogP contribution in [-0.2, 0) is 16.1 Å². The van der Waals surface area contributed by atoms with Gasteiger partial charge in [-0.25, -0.2) is 9.97 Å². The summed E-state index contributed by atoms with van der Waals surface area (Å²) in [6, 6.07) is 1.27. The van der Waals surface area contributed by atoms with Gasteiger partial charge >= 0.3 is 0 Å². The highest BCUT2D eigenvalue weighted by atomic mass is 16.2. The van der Waals surface area contributed by atoms with Gasteiger partial charge in [-0.3, -0.25) is 9.59 Å². The quantitative estimate of drug-likeness (QED) is 0.814. The van der Waals surface area contributed by atoms with E-state index in [9.17, 15) is 9.59 Å². The number of hydrogen-bond donors (Lipinski definition) is 1. The number of nitrogens with one attached hydrogen (secondary N) is 1. The minimum Gasteiger partial charge on any atom is -0.345 e. The molecule has 96 valence electrons. The summed E-state index contributed by atoms with van der Waals surface area (Å²) in [7, 11) is 0. The van der Waals surface area contributed by atoms with E-state index in [1.165, 1.54) is 0 Å². The Morgan fingerprint density at radius 1 is 1.39 bits per heavy atom.